The minimum atomic E-state index is -1.00. The summed E-state index contributed by atoms with van der Waals surface area (Å²) in [6.07, 6.45) is -1.00. The molecule has 0 fully saturated rings. The number of thioether (sulfide) groups is 1. The first-order valence-electron chi connectivity index (χ1n) is 4.87. The van der Waals surface area contributed by atoms with Crippen LogP contribution in [0, 0.1) is 0 Å². The molecule has 1 heterocycles. The second kappa shape index (κ2) is 3.87. The highest BCUT2D eigenvalue weighted by atomic mass is 32.2. The molecule has 0 aliphatic carbocycles. The van der Waals surface area contributed by atoms with Crippen LogP contribution >= 0.6 is 11.8 Å². The number of carbonyl (C=O) groups is 1. The lowest BCUT2D eigenvalue weighted by atomic mass is 10.1. The van der Waals surface area contributed by atoms with Crippen LogP contribution in [0.2, 0.25) is 0 Å². The van der Waals surface area contributed by atoms with Gasteiger partial charge in [-0.15, -0.1) is 11.8 Å². The van der Waals surface area contributed by atoms with Crippen molar-refractivity contribution >= 4 is 23.4 Å². The molecule has 1 amide bonds. The molecule has 15 heavy (non-hydrogen) atoms. The van der Waals surface area contributed by atoms with E-state index in [1.54, 1.807) is 11.8 Å². The Bertz CT molecular complexity index is 404. The summed E-state index contributed by atoms with van der Waals surface area (Å²) in [6.45, 7) is 4.23. The van der Waals surface area contributed by atoms with Gasteiger partial charge in [0.25, 0.3) is 5.91 Å². The number of benzene rings is 1. The standard InChI is InChI=1S/C11H13NO2S/c1-6(2)15-7-3-4-8-9(5-7)12-11(14)10(8)13/h3-6,10,13H,1-2H3,(H,12,14). The maximum Gasteiger partial charge on any atom is 0.257 e. The lowest BCUT2D eigenvalue weighted by Gasteiger charge is -2.06. The number of hydrogen-bond donors (Lipinski definition) is 2. The third-order valence-corrected chi connectivity index (χ3v) is 3.19. The van der Waals surface area contributed by atoms with Crippen LogP contribution in [0.1, 0.15) is 25.5 Å². The van der Waals surface area contributed by atoms with Crippen molar-refractivity contribution in [1.29, 1.82) is 0 Å². The number of fused-ring (bicyclic) bond motifs is 1. The average molecular weight is 223 g/mol. The highest BCUT2D eigenvalue weighted by molar-refractivity contribution is 7.99. The van der Waals surface area contributed by atoms with Crippen molar-refractivity contribution in [3.05, 3.63) is 23.8 Å². The summed E-state index contributed by atoms with van der Waals surface area (Å²) in [7, 11) is 0. The molecular formula is C11H13NO2S. The van der Waals surface area contributed by atoms with Crippen LogP contribution in [0.15, 0.2) is 23.1 Å². The molecule has 0 aromatic heterocycles. The first kappa shape index (κ1) is 10.5. The van der Waals surface area contributed by atoms with Crippen LogP contribution in [0.4, 0.5) is 5.69 Å². The van der Waals surface area contributed by atoms with Crippen LogP contribution < -0.4 is 5.32 Å². The number of hydrogen-bond acceptors (Lipinski definition) is 3. The number of nitrogens with one attached hydrogen (secondary N) is 1. The lowest BCUT2D eigenvalue weighted by Crippen LogP contribution is -2.10. The fourth-order valence-electron chi connectivity index (χ4n) is 1.57. The van der Waals surface area contributed by atoms with Gasteiger partial charge in [0.15, 0.2) is 6.10 Å². The monoisotopic (exact) mass is 223 g/mol. The molecule has 2 rings (SSSR count). The van der Waals surface area contributed by atoms with E-state index in [0.29, 0.717) is 10.8 Å². The molecular weight excluding hydrogens is 210 g/mol. The lowest BCUT2D eigenvalue weighted by molar-refractivity contribution is -0.123. The Morgan fingerprint density at radius 2 is 2.20 bits per heavy atom. The van der Waals surface area contributed by atoms with Gasteiger partial charge in [-0.05, 0) is 12.1 Å². The van der Waals surface area contributed by atoms with Crippen molar-refractivity contribution in [3.8, 4) is 0 Å². The van der Waals surface area contributed by atoms with Crippen LogP contribution in [0.25, 0.3) is 0 Å². The fourth-order valence-corrected chi connectivity index (χ4v) is 2.45. The molecule has 0 saturated carbocycles. The molecule has 0 saturated heterocycles. The summed E-state index contributed by atoms with van der Waals surface area (Å²) >= 11 is 1.73. The minimum absolute atomic E-state index is 0.336. The molecule has 0 bridgehead atoms. The molecule has 1 atom stereocenters. The van der Waals surface area contributed by atoms with Crippen molar-refractivity contribution in [2.45, 2.75) is 30.1 Å². The molecule has 80 valence electrons. The highest BCUT2D eigenvalue weighted by Gasteiger charge is 2.28. The zero-order valence-electron chi connectivity index (χ0n) is 8.65. The van der Waals surface area contributed by atoms with Crippen molar-refractivity contribution in [1.82, 2.24) is 0 Å². The van der Waals surface area contributed by atoms with Crippen LogP contribution in [-0.4, -0.2) is 16.3 Å². The number of aliphatic hydroxyl groups is 1. The first-order chi connectivity index (χ1) is 7.08. The van der Waals surface area contributed by atoms with Gasteiger partial charge in [-0.25, -0.2) is 0 Å². The number of amides is 1. The zero-order valence-corrected chi connectivity index (χ0v) is 9.47. The molecule has 2 N–H and O–H groups in total. The summed E-state index contributed by atoms with van der Waals surface area (Å²) in [5, 5.41) is 12.7. The van der Waals surface area contributed by atoms with Crippen LogP contribution in [-0.2, 0) is 4.79 Å². The zero-order chi connectivity index (χ0) is 11.0. The van der Waals surface area contributed by atoms with Gasteiger partial charge < -0.3 is 10.4 Å². The number of carbonyl (C=O) groups excluding carboxylic acids is 1. The van der Waals surface area contributed by atoms with E-state index < -0.39 is 6.10 Å². The average Bonchev–Trinajstić information content (AvgIpc) is 2.41. The van der Waals surface area contributed by atoms with Gasteiger partial charge in [0.1, 0.15) is 0 Å². The summed E-state index contributed by atoms with van der Waals surface area (Å²) in [5.41, 5.74) is 1.41. The number of rotatable bonds is 2. The van der Waals surface area contributed by atoms with E-state index in [1.165, 1.54) is 0 Å². The Labute approximate surface area is 92.9 Å². The van der Waals surface area contributed by atoms with Crippen molar-refractivity contribution in [3.63, 3.8) is 0 Å². The SMILES string of the molecule is CC(C)Sc1ccc2c(c1)NC(=O)C2O. The summed E-state index contributed by atoms with van der Waals surface area (Å²) in [6, 6.07) is 5.66. The minimum Gasteiger partial charge on any atom is -0.378 e. The molecule has 1 aromatic carbocycles. The summed E-state index contributed by atoms with van der Waals surface area (Å²) in [5.74, 6) is -0.336. The van der Waals surface area contributed by atoms with E-state index in [1.807, 2.05) is 18.2 Å². The molecule has 0 radical (unpaired) electrons. The quantitative estimate of drug-likeness (QED) is 0.755. The van der Waals surface area contributed by atoms with Crippen molar-refractivity contribution in [2.24, 2.45) is 0 Å². The Balaban J connectivity index is 2.29. The molecule has 1 aliphatic rings. The van der Waals surface area contributed by atoms with Gasteiger partial charge in [0.2, 0.25) is 0 Å². The third kappa shape index (κ3) is 2.01. The van der Waals surface area contributed by atoms with Gasteiger partial charge in [-0.1, -0.05) is 19.9 Å². The maximum absolute atomic E-state index is 11.2. The molecule has 1 aromatic rings. The van der Waals surface area contributed by atoms with E-state index in [4.69, 9.17) is 0 Å². The molecule has 4 heteroatoms. The van der Waals surface area contributed by atoms with Crippen LogP contribution in [0.5, 0.6) is 0 Å². The molecule has 0 spiro atoms. The van der Waals surface area contributed by atoms with Crippen LogP contribution in [0.3, 0.4) is 0 Å². The van der Waals surface area contributed by atoms with E-state index in [-0.39, 0.29) is 5.91 Å². The van der Waals surface area contributed by atoms with E-state index in [0.717, 1.165) is 10.6 Å². The van der Waals surface area contributed by atoms with E-state index in [9.17, 15) is 9.90 Å². The summed E-state index contributed by atoms with van der Waals surface area (Å²) < 4.78 is 0. The Morgan fingerprint density at radius 3 is 2.87 bits per heavy atom. The number of anilines is 1. The third-order valence-electron chi connectivity index (χ3n) is 2.20. The maximum atomic E-state index is 11.2. The van der Waals surface area contributed by atoms with Gasteiger partial charge in [0.05, 0.1) is 0 Å². The molecule has 1 aliphatic heterocycles. The Kier molecular flexibility index (Phi) is 2.71. The van der Waals surface area contributed by atoms with Crippen molar-refractivity contribution in [2.75, 3.05) is 5.32 Å². The van der Waals surface area contributed by atoms with E-state index >= 15 is 0 Å². The predicted molar refractivity (Wildman–Crippen MR) is 61.0 cm³/mol. The first-order valence-corrected chi connectivity index (χ1v) is 5.75. The van der Waals surface area contributed by atoms with E-state index in [2.05, 4.69) is 19.2 Å². The predicted octanol–water partition coefficient (Wildman–Crippen LogP) is 2.17. The topological polar surface area (TPSA) is 49.3 Å². The largest absolute Gasteiger partial charge is 0.378 e. The second-order valence-corrected chi connectivity index (χ2v) is 5.46. The Morgan fingerprint density at radius 1 is 1.47 bits per heavy atom. The molecule has 3 nitrogen and oxygen atoms in total. The van der Waals surface area contributed by atoms with Gasteiger partial charge in [-0.3, -0.25) is 4.79 Å². The Hall–Kier alpha value is -1.00. The van der Waals surface area contributed by atoms with Gasteiger partial charge in [0, 0.05) is 21.4 Å². The van der Waals surface area contributed by atoms with Gasteiger partial charge in [-0.2, -0.15) is 0 Å². The molecule has 1 unspecified atom stereocenters. The number of aliphatic hydroxyl groups excluding tert-OH is 1. The summed E-state index contributed by atoms with van der Waals surface area (Å²) in [4.78, 5) is 12.3. The van der Waals surface area contributed by atoms with Crippen molar-refractivity contribution < 1.29 is 9.90 Å². The second-order valence-electron chi connectivity index (χ2n) is 3.81. The highest BCUT2D eigenvalue weighted by Crippen LogP contribution is 2.34. The normalized spacial score (nSPS) is 19.2. The smallest absolute Gasteiger partial charge is 0.257 e. The van der Waals surface area contributed by atoms with Gasteiger partial charge >= 0.3 is 0 Å². The fraction of sp³-hybridized carbons (Fsp3) is 0.364.